The first-order chi connectivity index (χ1) is 9.36. The number of aromatic nitrogens is 2. The number of hydrogen-bond acceptors (Lipinski definition) is 3. The van der Waals surface area contributed by atoms with Gasteiger partial charge in [0.05, 0.1) is 0 Å². The number of halogens is 2. The third-order valence-electron chi connectivity index (χ3n) is 2.84. The fraction of sp³-hybridized carbons (Fsp3) is 0.333. The Morgan fingerprint density at radius 1 is 1.00 bits per heavy atom. The van der Waals surface area contributed by atoms with E-state index in [-0.39, 0.29) is 5.92 Å². The van der Waals surface area contributed by atoms with Gasteiger partial charge in [-0.15, -0.1) is 0 Å². The van der Waals surface area contributed by atoms with E-state index in [1.807, 2.05) is 26.0 Å². The molecule has 1 heterocycles. The molecule has 1 aromatic heterocycles. The van der Waals surface area contributed by atoms with Crippen LogP contribution in [0.5, 0.6) is 11.6 Å². The molecule has 20 heavy (non-hydrogen) atoms. The molecule has 0 saturated carbocycles. The summed E-state index contributed by atoms with van der Waals surface area (Å²) in [6.45, 7) is 8.19. The highest BCUT2D eigenvalue weighted by Gasteiger charge is 2.10. The van der Waals surface area contributed by atoms with Gasteiger partial charge in [-0.1, -0.05) is 29.8 Å². The largest absolute Gasteiger partial charge is 0.439 e. The number of benzene rings is 1. The van der Waals surface area contributed by atoms with Crippen LogP contribution in [0.15, 0.2) is 27.3 Å². The van der Waals surface area contributed by atoms with E-state index in [0.717, 1.165) is 31.8 Å². The molecule has 0 aliphatic carbocycles. The molecule has 0 aliphatic heterocycles. The molecular formula is C15H16Br2N2O. The quantitative estimate of drug-likeness (QED) is 0.636. The summed E-state index contributed by atoms with van der Waals surface area (Å²) in [6, 6.07) is 5.75. The fourth-order valence-electron chi connectivity index (χ4n) is 1.81. The molecule has 2 aromatic rings. The summed E-state index contributed by atoms with van der Waals surface area (Å²) < 4.78 is 7.71. The van der Waals surface area contributed by atoms with Crippen LogP contribution in [-0.4, -0.2) is 9.97 Å². The Hall–Kier alpha value is -0.940. The van der Waals surface area contributed by atoms with Crippen LogP contribution in [0.1, 0.15) is 36.7 Å². The molecule has 0 fully saturated rings. The molecule has 106 valence electrons. The highest BCUT2D eigenvalue weighted by Crippen LogP contribution is 2.30. The van der Waals surface area contributed by atoms with Crippen molar-refractivity contribution in [2.24, 2.45) is 0 Å². The monoisotopic (exact) mass is 398 g/mol. The van der Waals surface area contributed by atoms with Gasteiger partial charge in [-0.25, -0.2) is 4.98 Å². The van der Waals surface area contributed by atoms with E-state index in [4.69, 9.17) is 4.74 Å². The molecule has 0 bridgehead atoms. The number of ether oxygens (including phenoxy) is 1. The van der Waals surface area contributed by atoms with Gasteiger partial charge in [0.1, 0.15) is 16.2 Å². The zero-order chi connectivity index (χ0) is 14.9. The molecule has 3 nitrogen and oxygen atoms in total. The van der Waals surface area contributed by atoms with Crippen molar-refractivity contribution in [2.45, 2.75) is 33.6 Å². The van der Waals surface area contributed by atoms with Crippen molar-refractivity contribution in [3.63, 3.8) is 0 Å². The van der Waals surface area contributed by atoms with Gasteiger partial charge in [-0.05, 0) is 53.0 Å². The van der Waals surface area contributed by atoms with Crippen LogP contribution in [0.4, 0.5) is 0 Å². The molecule has 1 aromatic carbocycles. The first-order valence-corrected chi connectivity index (χ1v) is 7.94. The third-order valence-corrected chi connectivity index (χ3v) is 4.49. The lowest BCUT2D eigenvalue weighted by molar-refractivity contribution is 0.455. The summed E-state index contributed by atoms with van der Waals surface area (Å²) >= 11 is 6.95. The van der Waals surface area contributed by atoms with Gasteiger partial charge in [-0.3, -0.25) is 0 Å². The number of aryl methyl sites for hydroxylation is 2. The first-order valence-electron chi connectivity index (χ1n) is 6.36. The Morgan fingerprint density at radius 2 is 1.60 bits per heavy atom. The van der Waals surface area contributed by atoms with Crippen LogP contribution < -0.4 is 4.74 Å². The third kappa shape index (κ3) is 3.58. The van der Waals surface area contributed by atoms with Crippen LogP contribution in [0.25, 0.3) is 0 Å². The van der Waals surface area contributed by atoms with Crippen molar-refractivity contribution in [3.8, 4) is 11.6 Å². The average molecular weight is 400 g/mol. The van der Waals surface area contributed by atoms with Crippen LogP contribution in [0.3, 0.4) is 0 Å². The topological polar surface area (TPSA) is 35.0 Å². The highest BCUT2D eigenvalue weighted by molar-refractivity contribution is 9.10. The number of hydrogen-bond donors (Lipinski definition) is 0. The van der Waals surface area contributed by atoms with E-state index in [9.17, 15) is 0 Å². The summed E-state index contributed by atoms with van der Waals surface area (Å²) in [5.74, 6) is 2.35. The maximum absolute atomic E-state index is 5.86. The highest BCUT2D eigenvalue weighted by atomic mass is 79.9. The number of rotatable bonds is 3. The lowest BCUT2D eigenvalue weighted by Gasteiger charge is -2.11. The zero-order valence-corrected chi connectivity index (χ0v) is 15.0. The minimum atomic E-state index is 0.253. The summed E-state index contributed by atoms with van der Waals surface area (Å²) in [5, 5.41) is 0. The molecule has 0 saturated heterocycles. The van der Waals surface area contributed by atoms with Crippen LogP contribution in [0.2, 0.25) is 0 Å². The smallest absolute Gasteiger partial charge is 0.223 e. The minimum absolute atomic E-state index is 0.253. The van der Waals surface area contributed by atoms with Crippen molar-refractivity contribution in [3.05, 3.63) is 44.2 Å². The normalized spacial score (nSPS) is 10.9. The van der Waals surface area contributed by atoms with Gasteiger partial charge in [0.15, 0.2) is 0 Å². The molecule has 0 spiro atoms. The summed E-state index contributed by atoms with van der Waals surface area (Å²) in [6.07, 6.45) is 0. The van der Waals surface area contributed by atoms with Crippen molar-refractivity contribution >= 4 is 31.9 Å². The summed E-state index contributed by atoms with van der Waals surface area (Å²) in [5.41, 5.74) is 2.27. The average Bonchev–Trinajstić information content (AvgIpc) is 2.35. The van der Waals surface area contributed by atoms with Crippen LogP contribution in [0, 0.1) is 13.8 Å². The van der Waals surface area contributed by atoms with Gasteiger partial charge in [0.25, 0.3) is 0 Å². The maximum atomic E-state index is 5.86. The van der Waals surface area contributed by atoms with E-state index in [0.29, 0.717) is 5.88 Å². The molecule has 0 atom stereocenters. The Bertz CT molecular complexity index is 619. The van der Waals surface area contributed by atoms with E-state index >= 15 is 0 Å². The van der Waals surface area contributed by atoms with Crippen molar-refractivity contribution in [1.29, 1.82) is 0 Å². The first kappa shape index (κ1) is 15.4. The van der Waals surface area contributed by atoms with Gasteiger partial charge < -0.3 is 4.74 Å². The van der Waals surface area contributed by atoms with Crippen molar-refractivity contribution in [2.75, 3.05) is 0 Å². The van der Waals surface area contributed by atoms with Gasteiger partial charge >= 0.3 is 0 Å². The van der Waals surface area contributed by atoms with Gasteiger partial charge in [-0.2, -0.15) is 4.98 Å². The fourth-order valence-corrected chi connectivity index (χ4v) is 2.42. The second-order valence-corrected chi connectivity index (χ2v) is 6.62. The van der Waals surface area contributed by atoms with Crippen molar-refractivity contribution < 1.29 is 4.74 Å². The minimum Gasteiger partial charge on any atom is -0.439 e. The molecule has 0 radical (unpaired) electrons. The molecule has 0 aliphatic rings. The zero-order valence-electron chi connectivity index (χ0n) is 11.9. The van der Waals surface area contributed by atoms with E-state index in [2.05, 4.69) is 55.7 Å². The molecule has 0 unspecified atom stereocenters. The summed E-state index contributed by atoms with van der Waals surface area (Å²) in [4.78, 5) is 8.78. The van der Waals surface area contributed by atoms with Gasteiger partial charge in [0, 0.05) is 16.5 Å². The van der Waals surface area contributed by atoms with E-state index in [1.54, 1.807) is 6.07 Å². The SMILES string of the molecule is Cc1cc(Oc2cc(Br)nc(C(C)C)n2)cc(C)c1Br. The van der Waals surface area contributed by atoms with Crippen molar-refractivity contribution in [1.82, 2.24) is 9.97 Å². The lowest BCUT2D eigenvalue weighted by atomic mass is 10.1. The Labute approximate surface area is 136 Å². The van der Waals surface area contributed by atoms with Gasteiger partial charge in [0.2, 0.25) is 5.88 Å². The molecule has 2 rings (SSSR count). The number of nitrogens with zero attached hydrogens (tertiary/aromatic N) is 2. The molecular weight excluding hydrogens is 384 g/mol. The maximum Gasteiger partial charge on any atom is 0.223 e. The Balaban J connectivity index is 2.35. The van der Waals surface area contributed by atoms with Crippen LogP contribution in [-0.2, 0) is 0 Å². The molecule has 5 heteroatoms. The predicted molar refractivity (Wildman–Crippen MR) is 87.5 cm³/mol. The lowest BCUT2D eigenvalue weighted by Crippen LogP contribution is -2.00. The van der Waals surface area contributed by atoms with Crippen LogP contribution >= 0.6 is 31.9 Å². The second kappa shape index (κ2) is 6.22. The molecule has 0 amide bonds. The summed E-state index contributed by atoms with van der Waals surface area (Å²) in [7, 11) is 0. The Morgan fingerprint density at radius 3 is 2.15 bits per heavy atom. The van der Waals surface area contributed by atoms with E-state index in [1.165, 1.54) is 0 Å². The Kier molecular flexibility index (Phi) is 4.81. The predicted octanol–water partition coefficient (Wildman–Crippen LogP) is 5.53. The van der Waals surface area contributed by atoms with E-state index < -0.39 is 0 Å². The molecule has 0 N–H and O–H groups in total. The standard InChI is InChI=1S/C15H16Br2N2O/c1-8(2)15-18-12(16)7-13(19-15)20-11-5-9(3)14(17)10(4)6-11/h5-8H,1-4H3. The second-order valence-electron chi connectivity index (χ2n) is 5.01.